The van der Waals surface area contributed by atoms with Gasteiger partial charge in [0.15, 0.2) is 0 Å². The molecule has 0 amide bonds. The molecule has 0 aromatic rings. The Bertz CT molecular complexity index is 650. The van der Waals surface area contributed by atoms with Crippen LogP contribution in [0.25, 0.3) is 0 Å². The van der Waals surface area contributed by atoms with Crippen molar-refractivity contribution in [2.45, 2.75) is 78.2 Å². The van der Waals surface area contributed by atoms with Crippen LogP contribution in [0.3, 0.4) is 0 Å². The van der Waals surface area contributed by atoms with E-state index in [1.54, 1.807) is 0 Å². The molecule has 4 aliphatic rings. The summed E-state index contributed by atoms with van der Waals surface area (Å²) in [5.74, 6) is 2.57. The van der Waals surface area contributed by atoms with Crippen molar-refractivity contribution in [1.82, 2.24) is 0 Å². The molecule has 5 nitrogen and oxygen atoms in total. The quantitative estimate of drug-likeness (QED) is 0.568. The fraction of sp³-hybridized carbons (Fsp3) is 0.913. The second-order valence-electron chi connectivity index (χ2n) is 10.3. The number of nitrogens with zero attached hydrogens (tertiary/aromatic N) is 1. The first-order chi connectivity index (χ1) is 13.4. The lowest BCUT2D eigenvalue weighted by molar-refractivity contribution is -0.161. The predicted molar refractivity (Wildman–Crippen MR) is 110 cm³/mol. The summed E-state index contributed by atoms with van der Waals surface area (Å²) in [5.41, 5.74) is 6.65. The molecule has 158 valence electrons. The van der Waals surface area contributed by atoms with Gasteiger partial charge in [-0.15, -0.1) is 0 Å². The standard InChI is InChI=1S/C23H38N2O3/c1-4-14-18(25-28-12-11-24)8-10-23(3)17-7-9-22(2)16(5-6-20(22)27)15(17)13-19(26)21(14)23/h14-17,19,21,26H,4-13,24H2,1-3H3/b25-18+/t14-,15-,16-,17-,19+,21?,22-,23+/m0/s1. The van der Waals surface area contributed by atoms with Crippen molar-refractivity contribution in [2.24, 2.45) is 51.3 Å². The van der Waals surface area contributed by atoms with E-state index in [9.17, 15) is 9.90 Å². The van der Waals surface area contributed by atoms with E-state index < -0.39 is 0 Å². The van der Waals surface area contributed by atoms with E-state index in [1.165, 1.54) is 0 Å². The number of aliphatic hydroxyl groups excluding tert-OH is 1. The Balaban J connectivity index is 1.63. The molecule has 4 saturated carbocycles. The van der Waals surface area contributed by atoms with Gasteiger partial charge in [-0.05, 0) is 74.0 Å². The maximum atomic E-state index is 12.6. The summed E-state index contributed by atoms with van der Waals surface area (Å²) in [6, 6.07) is 0. The molecular formula is C23H38N2O3. The monoisotopic (exact) mass is 390 g/mol. The number of fused-ring (bicyclic) bond motifs is 5. The topological polar surface area (TPSA) is 84.9 Å². The highest BCUT2D eigenvalue weighted by Gasteiger charge is 2.63. The smallest absolute Gasteiger partial charge is 0.139 e. The molecule has 4 fully saturated rings. The summed E-state index contributed by atoms with van der Waals surface area (Å²) < 4.78 is 0. The lowest BCUT2D eigenvalue weighted by Gasteiger charge is -2.62. The first-order valence-electron chi connectivity index (χ1n) is 11.5. The normalized spacial score (nSPS) is 49.5. The molecule has 0 saturated heterocycles. The Morgan fingerprint density at radius 1 is 1.21 bits per heavy atom. The molecule has 4 rings (SSSR count). The highest BCUT2D eigenvalue weighted by atomic mass is 16.6. The number of rotatable bonds is 4. The molecular weight excluding hydrogens is 352 g/mol. The number of hydrogen-bond donors (Lipinski definition) is 2. The van der Waals surface area contributed by atoms with Crippen molar-refractivity contribution < 1.29 is 14.7 Å². The molecule has 0 radical (unpaired) electrons. The molecule has 28 heavy (non-hydrogen) atoms. The molecule has 1 unspecified atom stereocenters. The zero-order chi connectivity index (χ0) is 20.1. The Hall–Kier alpha value is -0.940. The van der Waals surface area contributed by atoms with Crippen LogP contribution in [0.5, 0.6) is 0 Å². The number of oxime groups is 1. The van der Waals surface area contributed by atoms with Crippen LogP contribution in [0.2, 0.25) is 0 Å². The Kier molecular flexibility index (Phi) is 5.37. The molecule has 0 aromatic carbocycles. The van der Waals surface area contributed by atoms with Gasteiger partial charge < -0.3 is 15.7 Å². The summed E-state index contributed by atoms with van der Waals surface area (Å²) in [7, 11) is 0. The highest BCUT2D eigenvalue weighted by Crippen LogP contribution is 2.66. The van der Waals surface area contributed by atoms with E-state index in [0.717, 1.165) is 57.1 Å². The molecule has 0 heterocycles. The summed E-state index contributed by atoms with van der Waals surface area (Å²) in [5, 5.41) is 15.8. The van der Waals surface area contributed by atoms with Crippen molar-refractivity contribution in [3.05, 3.63) is 0 Å². The van der Waals surface area contributed by atoms with E-state index in [0.29, 0.717) is 36.7 Å². The molecule has 8 atom stereocenters. The third-order valence-electron chi connectivity index (χ3n) is 9.29. The minimum atomic E-state index is -0.311. The molecule has 4 aliphatic carbocycles. The second-order valence-corrected chi connectivity index (χ2v) is 10.3. The molecule has 5 heteroatoms. The first kappa shape index (κ1) is 20.3. The first-order valence-corrected chi connectivity index (χ1v) is 11.5. The minimum absolute atomic E-state index is 0.128. The van der Waals surface area contributed by atoms with Gasteiger partial charge in [-0.25, -0.2) is 0 Å². The van der Waals surface area contributed by atoms with E-state index in [4.69, 9.17) is 10.6 Å². The molecule has 0 aromatic heterocycles. The number of aliphatic hydroxyl groups is 1. The van der Waals surface area contributed by atoms with Crippen molar-refractivity contribution in [1.29, 1.82) is 0 Å². The number of ketones is 1. The van der Waals surface area contributed by atoms with Crippen LogP contribution in [0, 0.1) is 40.4 Å². The number of nitrogens with two attached hydrogens (primary N) is 1. The maximum Gasteiger partial charge on any atom is 0.139 e. The van der Waals surface area contributed by atoms with Gasteiger partial charge in [-0.2, -0.15) is 0 Å². The minimum Gasteiger partial charge on any atom is -0.394 e. The average molecular weight is 391 g/mol. The van der Waals surface area contributed by atoms with Crippen LogP contribution < -0.4 is 5.73 Å². The average Bonchev–Trinajstić information content (AvgIpc) is 2.97. The molecule has 3 N–H and O–H groups in total. The molecule has 0 spiro atoms. The van der Waals surface area contributed by atoms with E-state index in [2.05, 4.69) is 25.9 Å². The number of hydrogen-bond acceptors (Lipinski definition) is 5. The largest absolute Gasteiger partial charge is 0.394 e. The van der Waals surface area contributed by atoms with Gasteiger partial charge >= 0.3 is 0 Å². The number of Topliss-reactive ketones (excluding diaryl/α,β-unsaturated/α-hetero) is 1. The highest BCUT2D eigenvalue weighted by molar-refractivity contribution is 5.88. The second kappa shape index (κ2) is 7.39. The van der Waals surface area contributed by atoms with Crippen molar-refractivity contribution >= 4 is 11.5 Å². The van der Waals surface area contributed by atoms with Crippen molar-refractivity contribution in [2.75, 3.05) is 13.2 Å². The Morgan fingerprint density at radius 2 is 2.00 bits per heavy atom. The molecule has 0 bridgehead atoms. The Labute approximate surface area is 169 Å². The van der Waals surface area contributed by atoms with Crippen LogP contribution in [0.4, 0.5) is 0 Å². The summed E-state index contributed by atoms with van der Waals surface area (Å²) in [6.45, 7) is 7.77. The fourth-order valence-corrected chi connectivity index (χ4v) is 7.97. The van der Waals surface area contributed by atoms with Crippen LogP contribution in [0.1, 0.15) is 72.1 Å². The summed E-state index contributed by atoms with van der Waals surface area (Å²) in [4.78, 5) is 18.0. The van der Waals surface area contributed by atoms with E-state index in [1.807, 2.05) is 0 Å². The van der Waals surface area contributed by atoms with Crippen LogP contribution in [-0.2, 0) is 9.63 Å². The van der Waals surface area contributed by atoms with Gasteiger partial charge in [-0.1, -0.05) is 25.9 Å². The van der Waals surface area contributed by atoms with Crippen LogP contribution in [-0.4, -0.2) is 35.9 Å². The zero-order valence-electron chi connectivity index (χ0n) is 17.8. The van der Waals surface area contributed by atoms with Crippen molar-refractivity contribution in [3.63, 3.8) is 0 Å². The molecule has 0 aliphatic heterocycles. The van der Waals surface area contributed by atoms with E-state index in [-0.39, 0.29) is 28.8 Å². The zero-order valence-corrected chi connectivity index (χ0v) is 17.8. The van der Waals surface area contributed by atoms with Gasteiger partial charge in [0.1, 0.15) is 12.4 Å². The Morgan fingerprint density at radius 3 is 2.71 bits per heavy atom. The third kappa shape index (κ3) is 2.87. The third-order valence-corrected chi connectivity index (χ3v) is 9.29. The predicted octanol–water partition coefficient (Wildman–Crippen LogP) is 3.54. The maximum absolute atomic E-state index is 12.6. The fourth-order valence-electron chi connectivity index (χ4n) is 7.97. The van der Waals surface area contributed by atoms with Gasteiger partial charge in [0.05, 0.1) is 11.8 Å². The van der Waals surface area contributed by atoms with Crippen molar-refractivity contribution in [3.8, 4) is 0 Å². The van der Waals surface area contributed by atoms with E-state index >= 15 is 0 Å². The summed E-state index contributed by atoms with van der Waals surface area (Å²) in [6.07, 6.45) is 7.48. The van der Waals surface area contributed by atoms with Crippen LogP contribution in [0.15, 0.2) is 5.16 Å². The number of carbonyl (C=O) groups is 1. The lowest BCUT2D eigenvalue weighted by atomic mass is 9.43. The van der Waals surface area contributed by atoms with Gasteiger partial charge in [0.25, 0.3) is 0 Å². The van der Waals surface area contributed by atoms with Crippen LogP contribution >= 0.6 is 0 Å². The number of carbonyl (C=O) groups excluding carboxylic acids is 1. The lowest BCUT2D eigenvalue weighted by Crippen LogP contribution is -2.60. The SMILES string of the molecule is CC[C@H]1/C(=N/OCCN)CC[C@@]2(C)C1[C@H](O)C[C@@H]1[C@@H]2CC[C@]2(C)C(=O)CC[C@@H]12. The van der Waals surface area contributed by atoms with Gasteiger partial charge in [0.2, 0.25) is 0 Å². The van der Waals surface area contributed by atoms with Gasteiger partial charge in [0, 0.05) is 24.3 Å². The van der Waals surface area contributed by atoms with Gasteiger partial charge in [-0.3, -0.25) is 4.79 Å². The summed E-state index contributed by atoms with van der Waals surface area (Å²) >= 11 is 0.